The van der Waals surface area contributed by atoms with E-state index in [1.165, 1.54) is 6.07 Å². The van der Waals surface area contributed by atoms with E-state index in [2.05, 4.69) is 21.2 Å². The first-order chi connectivity index (χ1) is 10.2. The maximum absolute atomic E-state index is 10.9. The van der Waals surface area contributed by atoms with Crippen molar-refractivity contribution in [2.24, 2.45) is 0 Å². The van der Waals surface area contributed by atoms with Gasteiger partial charge in [0.15, 0.2) is 0 Å². The first kappa shape index (κ1) is 15.5. The van der Waals surface area contributed by atoms with E-state index in [9.17, 15) is 10.1 Å². The average molecular weight is 351 g/mol. The van der Waals surface area contributed by atoms with Gasteiger partial charge in [0.05, 0.1) is 4.92 Å². The second kappa shape index (κ2) is 7.75. The minimum Gasteiger partial charge on any atom is -0.492 e. The molecule has 0 aromatic heterocycles. The van der Waals surface area contributed by atoms with E-state index in [1.54, 1.807) is 18.2 Å². The summed E-state index contributed by atoms with van der Waals surface area (Å²) in [6.07, 6.45) is 0. The highest BCUT2D eigenvalue weighted by atomic mass is 79.9. The number of nitro benzene ring substituents is 1. The topological polar surface area (TPSA) is 64.4 Å². The third kappa shape index (κ3) is 4.84. The van der Waals surface area contributed by atoms with E-state index in [0.29, 0.717) is 25.3 Å². The van der Waals surface area contributed by atoms with Crippen LogP contribution >= 0.6 is 15.9 Å². The summed E-state index contributed by atoms with van der Waals surface area (Å²) in [4.78, 5) is 10.5. The van der Waals surface area contributed by atoms with Crippen LogP contribution in [0.25, 0.3) is 0 Å². The molecule has 0 saturated heterocycles. The van der Waals surface area contributed by atoms with E-state index in [4.69, 9.17) is 4.74 Å². The third-order valence-corrected chi connectivity index (χ3v) is 3.34. The smallest absolute Gasteiger partial charge is 0.273 e. The summed E-state index contributed by atoms with van der Waals surface area (Å²) >= 11 is 3.38. The van der Waals surface area contributed by atoms with Crippen LogP contribution in [0.2, 0.25) is 0 Å². The van der Waals surface area contributed by atoms with Gasteiger partial charge in [0.1, 0.15) is 12.4 Å². The van der Waals surface area contributed by atoms with Gasteiger partial charge in [0, 0.05) is 29.2 Å². The van der Waals surface area contributed by atoms with Gasteiger partial charge in [-0.25, -0.2) is 0 Å². The highest BCUT2D eigenvalue weighted by Gasteiger charge is 2.11. The second-order valence-electron chi connectivity index (χ2n) is 4.37. The molecule has 0 radical (unpaired) electrons. The molecule has 0 heterocycles. The number of ether oxygens (including phenoxy) is 1. The maximum atomic E-state index is 10.9. The van der Waals surface area contributed by atoms with Gasteiger partial charge in [-0.1, -0.05) is 40.2 Å². The van der Waals surface area contributed by atoms with Crippen LogP contribution in [0, 0.1) is 10.1 Å². The minimum atomic E-state index is -0.366. The van der Waals surface area contributed by atoms with Gasteiger partial charge in [0.2, 0.25) is 0 Å². The number of nitro groups is 1. The molecule has 0 aliphatic carbocycles. The van der Waals surface area contributed by atoms with Crippen LogP contribution in [-0.2, 0) is 6.54 Å². The molecule has 110 valence electrons. The summed E-state index contributed by atoms with van der Waals surface area (Å²) in [6.45, 7) is 1.55. The van der Waals surface area contributed by atoms with Gasteiger partial charge in [-0.05, 0) is 18.2 Å². The fourth-order valence-electron chi connectivity index (χ4n) is 1.86. The van der Waals surface area contributed by atoms with E-state index in [1.807, 2.05) is 24.3 Å². The van der Waals surface area contributed by atoms with E-state index < -0.39 is 0 Å². The lowest BCUT2D eigenvalue weighted by atomic mass is 10.2. The molecule has 0 amide bonds. The number of halogens is 1. The predicted octanol–water partition coefficient (Wildman–Crippen LogP) is 3.53. The number of rotatable bonds is 7. The summed E-state index contributed by atoms with van der Waals surface area (Å²) in [7, 11) is 0. The minimum absolute atomic E-state index is 0.137. The molecule has 0 bridgehead atoms. The average Bonchev–Trinajstić information content (AvgIpc) is 2.47. The summed E-state index contributed by atoms with van der Waals surface area (Å²) < 4.78 is 6.54. The van der Waals surface area contributed by atoms with Crippen LogP contribution < -0.4 is 10.1 Å². The van der Waals surface area contributed by atoms with E-state index in [-0.39, 0.29) is 10.6 Å². The SMILES string of the molecule is O=[N+]([O-])c1ccccc1CNCCOc1cccc(Br)c1. The van der Waals surface area contributed by atoms with Crippen molar-refractivity contribution in [1.82, 2.24) is 5.32 Å². The Bertz CT molecular complexity index is 619. The zero-order valence-corrected chi connectivity index (χ0v) is 12.9. The standard InChI is InChI=1S/C15H15BrN2O3/c16-13-5-3-6-14(10-13)21-9-8-17-11-12-4-1-2-7-15(12)18(19)20/h1-7,10,17H,8-9,11H2. The van der Waals surface area contributed by atoms with Crippen molar-refractivity contribution in [1.29, 1.82) is 0 Å². The Morgan fingerprint density at radius 1 is 1.19 bits per heavy atom. The molecular weight excluding hydrogens is 336 g/mol. The predicted molar refractivity (Wildman–Crippen MR) is 84.4 cm³/mol. The van der Waals surface area contributed by atoms with Gasteiger partial charge in [-0.15, -0.1) is 0 Å². The Balaban J connectivity index is 1.76. The fourth-order valence-corrected chi connectivity index (χ4v) is 2.24. The molecule has 0 fully saturated rings. The van der Waals surface area contributed by atoms with Crippen molar-refractivity contribution >= 4 is 21.6 Å². The summed E-state index contributed by atoms with van der Waals surface area (Å²) in [5.41, 5.74) is 0.808. The van der Waals surface area contributed by atoms with Crippen LogP contribution in [0.1, 0.15) is 5.56 Å². The molecular formula is C15H15BrN2O3. The highest BCUT2D eigenvalue weighted by molar-refractivity contribution is 9.10. The molecule has 0 spiro atoms. The molecule has 0 aliphatic heterocycles. The van der Waals surface area contributed by atoms with Gasteiger partial charge in [-0.2, -0.15) is 0 Å². The second-order valence-corrected chi connectivity index (χ2v) is 5.28. The van der Waals surface area contributed by atoms with Gasteiger partial charge in [-0.3, -0.25) is 10.1 Å². The number of nitrogens with one attached hydrogen (secondary N) is 1. The highest BCUT2D eigenvalue weighted by Crippen LogP contribution is 2.18. The lowest BCUT2D eigenvalue weighted by Crippen LogP contribution is -2.21. The third-order valence-electron chi connectivity index (χ3n) is 2.85. The van der Waals surface area contributed by atoms with Crippen LogP contribution in [0.4, 0.5) is 5.69 Å². The van der Waals surface area contributed by atoms with Crippen molar-refractivity contribution in [3.8, 4) is 5.75 Å². The van der Waals surface area contributed by atoms with Crippen LogP contribution in [-0.4, -0.2) is 18.1 Å². The molecule has 0 unspecified atom stereocenters. The molecule has 2 aromatic carbocycles. The van der Waals surface area contributed by atoms with E-state index >= 15 is 0 Å². The largest absolute Gasteiger partial charge is 0.492 e. The van der Waals surface area contributed by atoms with Gasteiger partial charge in [0.25, 0.3) is 5.69 Å². The first-order valence-electron chi connectivity index (χ1n) is 6.48. The van der Waals surface area contributed by atoms with Gasteiger partial charge >= 0.3 is 0 Å². The zero-order valence-electron chi connectivity index (χ0n) is 11.3. The maximum Gasteiger partial charge on any atom is 0.273 e. The molecule has 21 heavy (non-hydrogen) atoms. The van der Waals surface area contributed by atoms with Crippen molar-refractivity contribution in [2.45, 2.75) is 6.54 Å². The molecule has 0 atom stereocenters. The zero-order chi connectivity index (χ0) is 15.1. The fraction of sp³-hybridized carbons (Fsp3) is 0.200. The lowest BCUT2D eigenvalue weighted by Gasteiger charge is -2.08. The summed E-state index contributed by atoms with van der Waals surface area (Å²) in [5, 5.41) is 14.0. The molecule has 5 nitrogen and oxygen atoms in total. The van der Waals surface area contributed by atoms with Crippen LogP contribution in [0.5, 0.6) is 5.75 Å². The molecule has 2 aromatic rings. The first-order valence-corrected chi connectivity index (χ1v) is 7.27. The summed E-state index contributed by atoms with van der Waals surface area (Å²) in [6, 6.07) is 14.3. The summed E-state index contributed by atoms with van der Waals surface area (Å²) in [5.74, 6) is 0.789. The Kier molecular flexibility index (Phi) is 5.71. The number of hydrogen-bond acceptors (Lipinski definition) is 4. The Hall–Kier alpha value is -1.92. The number of para-hydroxylation sites is 1. The molecule has 2 rings (SSSR count). The van der Waals surface area contributed by atoms with Crippen molar-refractivity contribution in [2.75, 3.05) is 13.2 Å². The molecule has 0 saturated carbocycles. The van der Waals surface area contributed by atoms with Crippen LogP contribution in [0.15, 0.2) is 53.0 Å². The van der Waals surface area contributed by atoms with Crippen LogP contribution in [0.3, 0.4) is 0 Å². The monoisotopic (exact) mass is 350 g/mol. The normalized spacial score (nSPS) is 10.3. The lowest BCUT2D eigenvalue weighted by molar-refractivity contribution is -0.385. The van der Waals surface area contributed by atoms with E-state index in [0.717, 1.165) is 10.2 Å². The van der Waals surface area contributed by atoms with Crippen molar-refractivity contribution < 1.29 is 9.66 Å². The molecule has 6 heteroatoms. The van der Waals surface area contributed by atoms with Crippen molar-refractivity contribution in [3.63, 3.8) is 0 Å². The quantitative estimate of drug-likeness (QED) is 0.471. The van der Waals surface area contributed by atoms with Gasteiger partial charge < -0.3 is 10.1 Å². The molecule has 0 aliphatic rings. The Morgan fingerprint density at radius 3 is 2.76 bits per heavy atom. The number of hydrogen-bond donors (Lipinski definition) is 1. The molecule has 1 N–H and O–H groups in total. The number of nitrogens with zero attached hydrogens (tertiary/aromatic N) is 1. The number of benzene rings is 2. The Labute approximate surface area is 131 Å². The van der Waals surface area contributed by atoms with Crippen molar-refractivity contribution in [3.05, 3.63) is 68.7 Å². The Morgan fingerprint density at radius 2 is 2.00 bits per heavy atom.